The zero-order valence-corrected chi connectivity index (χ0v) is 25.1. The van der Waals surface area contributed by atoms with Crippen molar-refractivity contribution >= 4 is 23.8 Å². The van der Waals surface area contributed by atoms with Gasteiger partial charge < -0.3 is 30.7 Å². The van der Waals surface area contributed by atoms with Crippen molar-refractivity contribution in [3.8, 4) is 5.75 Å². The van der Waals surface area contributed by atoms with Gasteiger partial charge in [-0.05, 0) is 32.8 Å². The molecule has 3 unspecified atom stereocenters. The van der Waals surface area contributed by atoms with Crippen molar-refractivity contribution in [3.63, 3.8) is 0 Å². The molecule has 9 nitrogen and oxygen atoms in total. The Labute approximate surface area is 244 Å². The van der Waals surface area contributed by atoms with Gasteiger partial charge in [0.15, 0.2) is 0 Å². The van der Waals surface area contributed by atoms with Gasteiger partial charge in [-0.15, -0.1) is 0 Å². The molecule has 3 atom stereocenters. The van der Waals surface area contributed by atoms with Gasteiger partial charge in [-0.25, -0.2) is 0 Å². The predicted molar refractivity (Wildman–Crippen MR) is 162 cm³/mol. The molecule has 2 aromatic rings. The third kappa shape index (κ3) is 11.0. The van der Waals surface area contributed by atoms with Gasteiger partial charge >= 0.3 is 0 Å². The van der Waals surface area contributed by atoms with E-state index < -0.39 is 23.6 Å². The highest BCUT2D eigenvalue weighted by atomic mass is 16.5. The van der Waals surface area contributed by atoms with Crippen LogP contribution in [0.2, 0.25) is 0 Å². The molecule has 0 saturated heterocycles. The number of aryl methyl sites for hydroxylation is 1. The van der Waals surface area contributed by atoms with E-state index in [1.165, 1.54) is 31.4 Å². The molecule has 1 heterocycles. The first kappa shape index (κ1) is 33.5. The van der Waals surface area contributed by atoms with E-state index in [2.05, 4.69) is 35.0 Å². The maximum absolute atomic E-state index is 13.4. The summed E-state index contributed by atoms with van der Waals surface area (Å²) in [6, 6.07) is 16.1. The number of amides is 3. The van der Waals surface area contributed by atoms with Crippen LogP contribution in [0.5, 0.6) is 5.75 Å². The monoisotopic (exact) mass is 566 g/mol. The van der Waals surface area contributed by atoms with Crippen LogP contribution >= 0.6 is 0 Å². The van der Waals surface area contributed by atoms with E-state index in [0.29, 0.717) is 18.9 Å². The molecule has 0 radical (unpaired) electrons. The van der Waals surface area contributed by atoms with Crippen LogP contribution in [0.3, 0.4) is 0 Å². The second-order valence-corrected chi connectivity index (χ2v) is 10.8. The minimum absolute atomic E-state index is 0.0212. The highest BCUT2D eigenvalue weighted by Gasteiger charge is 2.41. The molecule has 1 aliphatic heterocycles. The van der Waals surface area contributed by atoms with Crippen LogP contribution in [0.25, 0.3) is 6.08 Å². The fraction of sp³-hybridized carbons (Fsp3) is 0.469. The van der Waals surface area contributed by atoms with E-state index in [9.17, 15) is 19.5 Å². The first-order chi connectivity index (χ1) is 19.5. The summed E-state index contributed by atoms with van der Waals surface area (Å²) in [6.45, 7) is 9.72. The van der Waals surface area contributed by atoms with Gasteiger partial charge in [0.2, 0.25) is 17.7 Å². The molecular formula is C32H46N4O5. The third-order valence-electron chi connectivity index (χ3n) is 6.85. The molecule has 0 saturated carbocycles. The summed E-state index contributed by atoms with van der Waals surface area (Å²) in [5.41, 5.74) is 0.664. The summed E-state index contributed by atoms with van der Waals surface area (Å²) < 4.78 is 5.94. The first-order valence-electron chi connectivity index (χ1n) is 14.1. The molecule has 3 amide bonds. The lowest BCUT2D eigenvalue weighted by Crippen LogP contribution is -2.62. The Morgan fingerprint density at radius 3 is 2.32 bits per heavy atom. The molecule has 0 spiro atoms. The second kappa shape index (κ2) is 16.5. The molecule has 9 heteroatoms. The summed E-state index contributed by atoms with van der Waals surface area (Å²) in [6.07, 6.45) is 4.40. The Morgan fingerprint density at radius 1 is 1.05 bits per heavy atom. The molecule has 41 heavy (non-hydrogen) atoms. The number of rotatable bonds is 3. The number of fused-ring (bicyclic) bond motifs is 1. The SMILES string of the molecule is CCC(C)C1NCCOc2ccccc2/C=C/CNC(=O)CNC(=O)C(C(C)(C)O)N(C)C1=O.Cc1ccccc1. The minimum atomic E-state index is -1.53. The number of aliphatic hydroxyl groups is 1. The van der Waals surface area contributed by atoms with E-state index in [1.807, 2.05) is 62.4 Å². The van der Waals surface area contributed by atoms with Crippen LogP contribution in [-0.4, -0.2) is 78.7 Å². The van der Waals surface area contributed by atoms with Crippen molar-refractivity contribution in [2.45, 2.75) is 58.7 Å². The molecule has 0 bridgehead atoms. The molecule has 4 N–H and O–H groups in total. The quantitative estimate of drug-likeness (QED) is 0.454. The molecule has 0 fully saturated rings. The van der Waals surface area contributed by atoms with Crippen molar-refractivity contribution in [2.75, 3.05) is 33.3 Å². The second-order valence-electron chi connectivity index (χ2n) is 10.8. The van der Waals surface area contributed by atoms with E-state index in [4.69, 9.17) is 4.74 Å². The molecule has 0 aliphatic carbocycles. The summed E-state index contributed by atoms with van der Waals surface area (Å²) in [5, 5.41) is 19.2. The highest BCUT2D eigenvalue weighted by Crippen LogP contribution is 2.20. The van der Waals surface area contributed by atoms with Crippen molar-refractivity contribution in [1.82, 2.24) is 20.9 Å². The van der Waals surface area contributed by atoms with Crippen LogP contribution in [0.1, 0.15) is 45.2 Å². The van der Waals surface area contributed by atoms with E-state index in [-0.39, 0.29) is 30.8 Å². The lowest BCUT2D eigenvalue weighted by atomic mass is 9.93. The van der Waals surface area contributed by atoms with E-state index >= 15 is 0 Å². The maximum Gasteiger partial charge on any atom is 0.246 e. The Morgan fingerprint density at radius 2 is 1.71 bits per heavy atom. The van der Waals surface area contributed by atoms with Crippen molar-refractivity contribution in [1.29, 1.82) is 0 Å². The van der Waals surface area contributed by atoms with Gasteiger partial charge in [0, 0.05) is 25.7 Å². The van der Waals surface area contributed by atoms with Crippen molar-refractivity contribution in [3.05, 3.63) is 71.8 Å². The standard InChI is InChI=1S/C25H38N4O5.C7H8/c1-6-17(2)21-24(32)29(5)22(25(3,4)33)23(31)28-16-20(30)26-13-9-11-18-10-7-8-12-19(18)34-15-14-27-21;1-7-5-3-2-4-6-7/h7-12,17,21-22,27,33H,6,13-16H2,1-5H3,(H,26,30)(H,28,31);2-6H,1H3/b11-9+;. The molecule has 3 rings (SSSR count). The zero-order valence-electron chi connectivity index (χ0n) is 25.1. The third-order valence-corrected chi connectivity index (χ3v) is 6.85. The van der Waals surface area contributed by atoms with Crippen molar-refractivity contribution in [2.24, 2.45) is 5.92 Å². The number of carbonyl (C=O) groups excluding carboxylic acids is 3. The van der Waals surface area contributed by atoms with E-state index in [1.54, 1.807) is 6.08 Å². The topological polar surface area (TPSA) is 120 Å². The lowest BCUT2D eigenvalue weighted by molar-refractivity contribution is -0.150. The minimum Gasteiger partial charge on any atom is -0.492 e. The van der Waals surface area contributed by atoms with Crippen LogP contribution in [0.4, 0.5) is 0 Å². The smallest absolute Gasteiger partial charge is 0.246 e. The summed E-state index contributed by atoms with van der Waals surface area (Å²) in [4.78, 5) is 39.9. The van der Waals surface area contributed by atoms with Gasteiger partial charge in [-0.1, -0.05) is 86.5 Å². The summed E-state index contributed by atoms with van der Waals surface area (Å²) in [5.74, 6) is -0.620. The fourth-order valence-electron chi connectivity index (χ4n) is 4.43. The maximum atomic E-state index is 13.4. The molecule has 0 aromatic heterocycles. The Kier molecular flexibility index (Phi) is 13.5. The predicted octanol–water partition coefficient (Wildman–Crippen LogP) is 2.92. The van der Waals surface area contributed by atoms with Crippen LogP contribution in [0, 0.1) is 12.8 Å². The Bertz CT molecular complexity index is 1150. The normalized spacial score (nSPS) is 21.0. The Hall–Kier alpha value is -3.69. The molecule has 1 aliphatic rings. The van der Waals surface area contributed by atoms with Gasteiger partial charge in [0.1, 0.15) is 18.4 Å². The molecule has 224 valence electrons. The molecular weight excluding hydrogens is 520 g/mol. The highest BCUT2D eigenvalue weighted by molar-refractivity contribution is 5.92. The number of benzene rings is 2. The van der Waals surface area contributed by atoms with Crippen LogP contribution in [0.15, 0.2) is 60.7 Å². The zero-order chi connectivity index (χ0) is 30.4. The average molecular weight is 567 g/mol. The number of nitrogens with one attached hydrogen (secondary N) is 3. The first-order valence-corrected chi connectivity index (χ1v) is 14.1. The largest absolute Gasteiger partial charge is 0.492 e. The summed E-state index contributed by atoms with van der Waals surface area (Å²) in [7, 11) is 1.50. The van der Waals surface area contributed by atoms with Crippen molar-refractivity contribution < 1.29 is 24.2 Å². The van der Waals surface area contributed by atoms with Crippen LogP contribution < -0.4 is 20.7 Å². The lowest BCUT2D eigenvalue weighted by Gasteiger charge is -2.38. The van der Waals surface area contributed by atoms with E-state index in [0.717, 1.165) is 12.0 Å². The number of likely N-dealkylation sites (N-methyl/N-ethyl adjacent to an activating group) is 1. The van der Waals surface area contributed by atoms with Gasteiger partial charge in [-0.2, -0.15) is 0 Å². The number of para-hydroxylation sites is 1. The number of nitrogens with zero attached hydrogens (tertiary/aromatic N) is 1. The average Bonchev–Trinajstić information content (AvgIpc) is 2.93. The number of ether oxygens (including phenoxy) is 1. The Balaban J connectivity index is 0.000000729. The summed E-state index contributed by atoms with van der Waals surface area (Å²) >= 11 is 0. The number of carbonyl (C=O) groups is 3. The van der Waals surface area contributed by atoms with Gasteiger partial charge in [0.25, 0.3) is 0 Å². The fourth-order valence-corrected chi connectivity index (χ4v) is 4.43. The van der Waals surface area contributed by atoms with Crippen LogP contribution in [-0.2, 0) is 14.4 Å². The number of hydrogen-bond acceptors (Lipinski definition) is 6. The number of hydrogen-bond donors (Lipinski definition) is 4. The molecule has 2 aromatic carbocycles. The van der Waals surface area contributed by atoms with Gasteiger partial charge in [0.05, 0.1) is 18.2 Å². The van der Waals surface area contributed by atoms with Gasteiger partial charge in [-0.3, -0.25) is 14.4 Å².